The second-order valence-corrected chi connectivity index (χ2v) is 5.93. The smallest absolute Gasteiger partial charge is 0.0971 e. The number of aromatic nitrogens is 2. The first-order valence-corrected chi connectivity index (χ1v) is 8.47. The van der Waals surface area contributed by atoms with Gasteiger partial charge >= 0.3 is 0 Å². The maximum Gasteiger partial charge on any atom is 0.0971 e. The second-order valence-electron chi connectivity index (χ2n) is 5.53. The van der Waals surface area contributed by atoms with Crippen LogP contribution in [-0.4, -0.2) is 14.9 Å². The van der Waals surface area contributed by atoms with E-state index in [1.807, 2.05) is 4.68 Å². The molecule has 0 aliphatic heterocycles. The summed E-state index contributed by atoms with van der Waals surface area (Å²) in [5.41, 5.74) is 0.791. The van der Waals surface area contributed by atoms with E-state index in [1.54, 1.807) is 6.20 Å². The van der Waals surface area contributed by atoms with E-state index in [9.17, 15) is 5.11 Å². The maximum atomic E-state index is 10.3. The zero-order chi connectivity index (χ0) is 14.8. The van der Waals surface area contributed by atoms with Gasteiger partial charge in [-0.1, -0.05) is 70.4 Å². The van der Waals surface area contributed by atoms with Gasteiger partial charge in [-0.05, 0) is 12.8 Å². The fourth-order valence-corrected chi connectivity index (χ4v) is 2.79. The van der Waals surface area contributed by atoms with E-state index in [0.29, 0.717) is 5.02 Å². The summed E-state index contributed by atoms with van der Waals surface area (Å²) >= 11 is 6.13. The van der Waals surface area contributed by atoms with Crippen molar-refractivity contribution in [3.63, 3.8) is 0 Å². The van der Waals surface area contributed by atoms with Gasteiger partial charge in [0, 0.05) is 6.54 Å². The monoisotopic (exact) mass is 300 g/mol. The standard InChI is InChI=1S/C16H29ClN2O/c1-3-5-6-7-8-9-10-11-15(20)16-14(17)13-18-19(16)12-4-2/h13,15,20H,3-12H2,1-2H3. The summed E-state index contributed by atoms with van der Waals surface area (Å²) in [6.07, 6.45) is 11.8. The molecule has 0 fully saturated rings. The van der Waals surface area contributed by atoms with E-state index >= 15 is 0 Å². The fraction of sp³-hybridized carbons (Fsp3) is 0.812. The highest BCUT2D eigenvalue weighted by molar-refractivity contribution is 6.31. The number of hydrogen-bond acceptors (Lipinski definition) is 2. The molecule has 0 spiro atoms. The fourth-order valence-electron chi connectivity index (χ4n) is 2.52. The summed E-state index contributed by atoms with van der Waals surface area (Å²) in [5, 5.41) is 15.1. The highest BCUT2D eigenvalue weighted by Gasteiger charge is 2.17. The number of aryl methyl sites for hydroxylation is 1. The predicted octanol–water partition coefficient (Wildman–Crippen LogP) is 5.12. The molecule has 0 aliphatic carbocycles. The molecule has 0 amide bonds. The third-order valence-electron chi connectivity index (χ3n) is 3.67. The first kappa shape index (κ1) is 17.5. The van der Waals surface area contributed by atoms with Crippen molar-refractivity contribution in [1.82, 2.24) is 9.78 Å². The second kappa shape index (κ2) is 10.2. The molecule has 1 rings (SSSR count). The van der Waals surface area contributed by atoms with Crippen LogP contribution in [0.15, 0.2) is 6.20 Å². The highest BCUT2D eigenvalue weighted by atomic mass is 35.5. The Balaban J connectivity index is 2.28. The summed E-state index contributed by atoms with van der Waals surface area (Å²) in [5.74, 6) is 0. The van der Waals surface area contributed by atoms with Crippen molar-refractivity contribution in [2.45, 2.75) is 84.3 Å². The van der Waals surface area contributed by atoms with Crippen LogP contribution >= 0.6 is 11.6 Å². The van der Waals surface area contributed by atoms with E-state index in [1.165, 1.54) is 38.5 Å². The summed E-state index contributed by atoms with van der Waals surface area (Å²) in [6, 6.07) is 0. The van der Waals surface area contributed by atoms with Crippen molar-refractivity contribution in [3.05, 3.63) is 16.9 Å². The van der Waals surface area contributed by atoms with E-state index < -0.39 is 6.10 Å². The Labute approximate surface area is 128 Å². The lowest BCUT2D eigenvalue weighted by Crippen LogP contribution is -2.09. The number of aliphatic hydroxyl groups excluding tert-OH is 1. The SMILES string of the molecule is CCCCCCCCCC(O)c1c(Cl)cnn1CCC. The third-order valence-corrected chi connectivity index (χ3v) is 3.96. The van der Waals surface area contributed by atoms with Crippen LogP contribution < -0.4 is 0 Å². The normalized spacial score (nSPS) is 12.8. The van der Waals surface area contributed by atoms with Crippen LogP contribution in [-0.2, 0) is 6.54 Å². The molecule has 4 heteroatoms. The highest BCUT2D eigenvalue weighted by Crippen LogP contribution is 2.27. The summed E-state index contributed by atoms with van der Waals surface area (Å²) in [7, 11) is 0. The number of halogens is 1. The summed E-state index contributed by atoms with van der Waals surface area (Å²) < 4.78 is 1.84. The molecule has 20 heavy (non-hydrogen) atoms. The van der Waals surface area contributed by atoms with Gasteiger partial charge in [-0.25, -0.2) is 0 Å². The third kappa shape index (κ3) is 5.84. The number of hydrogen-bond donors (Lipinski definition) is 1. The molecule has 0 aliphatic rings. The average Bonchev–Trinajstić information content (AvgIpc) is 2.79. The zero-order valence-corrected chi connectivity index (χ0v) is 13.7. The molecule has 1 aromatic heterocycles. The molecule has 3 nitrogen and oxygen atoms in total. The van der Waals surface area contributed by atoms with Gasteiger partial charge in [-0.2, -0.15) is 5.10 Å². The van der Waals surface area contributed by atoms with Crippen LogP contribution in [0.25, 0.3) is 0 Å². The molecule has 0 aromatic carbocycles. The molecule has 116 valence electrons. The molecule has 1 N–H and O–H groups in total. The zero-order valence-electron chi connectivity index (χ0n) is 12.9. The first-order chi connectivity index (χ1) is 9.70. The summed E-state index contributed by atoms with van der Waals surface area (Å²) in [4.78, 5) is 0. The van der Waals surface area contributed by atoms with Gasteiger partial charge in [0.1, 0.15) is 0 Å². The van der Waals surface area contributed by atoms with Gasteiger partial charge in [0.05, 0.1) is 23.0 Å². The van der Waals surface area contributed by atoms with E-state index in [-0.39, 0.29) is 0 Å². The minimum Gasteiger partial charge on any atom is -0.387 e. The topological polar surface area (TPSA) is 38.1 Å². The van der Waals surface area contributed by atoms with Gasteiger partial charge in [-0.3, -0.25) is 4.68 Å². The van der Waals surface area contributed by atoms with Crippen molar-refractivity contribution in [3.8, 4) is 0 Å². The van der Waals surface area contributed by atoms with Gasteiger partial charge in [-0.15, -0.1) is 0 Å². The van der Waals surface area contributed by atoms with Crippen molar-refractivity contribution in [2.75, 3.05) is 0 Å². The minimum atomic E-state index is -0.479. The summed E-state index contributed by atoms with van der Waals surface area (Å²) in [6.45, 7) is 5.15. The molecule has 0 radical (unpaired) electrons. The van der Waals surface area contributed by atoms with E-state index in [0.717, 1.165) is 31.5 Å². The lowest BCUT2D eigenvalue weighted by atomic mass is 10.0. The number of nitrogens with zero attached hydrogens (tertiary/aromatic N) is 2. The Hall–Kier alpha value is -0.540. The van der Waals surface area contributed by atoms with Gasteiger partial charge in [0.15, 0.2) is 0 Å². The Morgan fingerprint density at radius 2 is 1.75 bits per heavy atom. The Morgan fingerprint density at radius 1 is 1.10 bits per heavy atom. The molecule has 0 bridgehead atoms. The molecule has 0 saturated heterocycles. The van der Waals surface area contributed by atoms with Crippen LogP contribution in [0, 0.1) is 0 Å². The maximum absolute atomic E-state index is 10.3. The molecular formula is C16H29ClN2O. The van der Waals surface area contributed by atoms with E-state index in [2.05, 4.69) is 18.9 Å². The van der Waals surface area contributed by atoms with Crippen molar-refractivity contribution < 1.29 is 5.11 Å². The van der Waals surface area contributed by atoms with Crippen LogP contribution in [0.1, 0.15) is 83.4 Å². The van der Waals surface area contributed by atoms with Gasteiger partial charge in [0.25, 0.3) is 0 Å². The number of rotatable bonds is 11. The van der Waals surface area contributed by atoms with Crippen molar-refractivity contribution in [1.29, 1.82) is 0 Å². The van der Waals surface area contributed by atoms with Crippen LogP contribution in [0.3, 0.4) is 0 Å². The molecule has 1 aromatic rings. The molecule has 1 unspecified atom stereocenters. The van der Waals surface area contributed by atoms with Gasteiger partial charge < -0.3 is 5.11 Å². The quantitative estimate of drug-likeness (QED) is 0.576. The van der Waals surface area contributed by atoms with Crippen molar-refractivity contribution in [2.24, 2.45) is 0 Å². The van der Waals surface area contributed by atoms with Crippen LogP contribution in [0.4, 0.5) is 0 Å². The Kier molecular flexibility index (Phi) is 8.95. The molecule has 1 atom stereocenters. The minimum absolute atomic E-state index is 0.479. The largest absolute Gasteiger partial charge is 0.387 e. The first-order valence-electron chi connectivity index (χ1n) is 8.10. The molecule has 0 saturated carbocycles. The van der Waals surface area contributed by atoms with Gasteiger partial charge in [0.2, 0.25) is 0 Å². The molecule has 1 heterocycles. The van der Waals surface area contributed by atoms with E-state index in [4.69, 9.17) is 11.6 Å². The van der Waals surface area contributed by atoms with Crippen LogP contribution in [0.5, 0.6) is 0 Å². The lowest BCUT2D eigenvalue weighted by molar-refractivity contribution is 0.152. The van der Waals surface area contributed by atoms with Crippen LogP contribution in [0.2, 0.25) is 5.02 Å². The lowest BCUT2D eigenvalue weighted by Gasteiger charge is -2.13. The number of aliphatic hydroxyl groups is 1. The Morgan fingerprint density at radius 3 is 2.40 bits per heavy atom. The average molecular weight is 301 g/mol. The Bertz CT molecular complexity index is 365. The predicted molar refractivity (Wildman–Crippen MR) is 85.1 cm³/mol. The van der Waals surface area contributed by atoms with Crippen molar-refractivity contribution >= 4 is 11.6 Å². The molecular weight excluding hydrogens is 272 g/mol. The number of unbranched alkanes of at least 4 members (excludes halogenated alkanes) is 6.